The second-order valence-electron chi connectivity index (χ2n) is 5.20. The van der Waals surface area contributed by atoms with Gasteiger partial charge in [-0.15, -0.1) is 0 Å². The minimum absolute atomic E-state index is 0.209. The quantitative estimate of drug-likeness (QED) is 0.751. The SMILES string of the molecule is COC(=O)[C@H]1O[C@H](CNC(=O)OC(C)(C)C)[C@H]1OC. The van der Waals surface area contributed by atoms with Crippen molar-refractivity contribution >= 4 is 12.1 Å². The van der Waals surface area contributed by atoms with Gasteiger partial charge in [-0.3, -0.25) is 0 Å². The van der Waals surface area contributed by atoms with E-state index in [1.54, 1.807) is 20.8 Å². The molecule has 1 aliphatic heterocycles. The number of hydrogen-bond donors (Lipinski definition) is 1. The predicted molar refractivity (Wildman–Crippen MR) is 65.7 cm³/mol. The van der Waals surface area contributed by atoms with Gasteiger partial charge in [-0.1, -0.05) is 0 Å². The molecule has 0 aliphatic carbocycles. The fourth-order valence-corrected chi connectivity index (χ4v) is 1.69. The van der Waals surface area contributed by atoms with Gasteiger partial charge in [0.2, 0.25) is 0 Å². The van der Waals surface area contributed by atoms with E-state index < -0.39 is 29.9 Å². The lowest BCUT2D eigenvalue weighted by Crippen LogP contribution is -2.62. The Labute approximate surface area is 112 Å². The third-order valence-electron chi connectivity index (χ3n) is 2.54. The molecule has 0 radical (unpaired) electrons. The highest BCUT2D eigenvalue weighted by molar-refractivity contribution is 5.76. The minimum atomic E-state index is -0.736. The van der Waals surface area contributed by atoms with E-state index in [-0.39, 0.29) is 12.6 Å². The van der Waals surface area contributed by atoms with Crippen molar-refractivity contribution in [3.63, 3.8) is 0 Å². The van der Waals surface area contributed by atoms with E-state index in [0.717, 1.165) is 0 Å². The summed E-state index contributed by atoms with van der Waals surface area (Å²) in [6.07, 6.45) is -2.09. The van der Waals surface area contributed by atoms with E-state index in [9.17, 15) is 9.59 Å². The van der Waals surface area contributed by atoms with Gasteiger partial charge in [0, 0.05) is 13.7 Å². The summed E-state index contributed by atoms with van der Waals surface area (Å²) >= 11 is 0. The maximum atomic E-state index is 11.4. The fourth-order valence-electron chi connectivity index (χ4n) is 1.69. The summed E-state index contributed by atoms with van der Waals surface area (Å²) in [7, 11) is 2.76. The summed E-state index contributed by atoms with van der Waals surface area (Å²) in [5, 5.41) is 2.56. The van der Waals surface area contributed by atoms with Crippen LogP contribution >= 0.6 is 0 Å². The van der Waals surface area contributed by atoms with Crippen LogP contribution in [0.3, 0.4) is 0 Å². The Morgan fingerprint density at radius 2 is 1.89 bits per heavy atom. The average molecular weight is 275 g/mol. The number of ether oxygens (including phenoxy) is 4. The molecule has 1 aliphatic rings. The summed E-state index contributed by atoms with van der Waals surface area (Å²) in [5.74, 6) is -0.486. The van der Waals surface area contributed by atoms with Crippen molar-refractivity contribution in [1.29, 1.82) is 0 Å². The van der Waals surface area contributed by atoms with E-state index in [1.165, 1.54) is 14.2 Å². The zero-order valence-electron chi connectivity index (χ0n) is 11.9. The molecule has 0 aromatic rings. The Kier molecular flexibility index (Phi) is 5.13. The maximum absolute atomic E-state index is 11.4. The van der Waals surface area contributed by atoms with Crippen molar-refractivity contribution in [3.8, 4) is 0 Å². The lowest BCUT2D eigenvalue weighted by atomic mass is 10.0. The standard InChI is InChI=1S/C12H21NO6/c1-12(2,3)19-11(15)13-6-7-8(16-4)9(18-7)10(14)17-5/h7-9H,6H2,1-5H3,(H,13,15)/t7-,8-,9+/m1/s1. The summed E-state index contributed by atoms with van der Waals surface area (Å²) in [6.45, 7) is 5.54. The van der Waals surface area contributed by atoms with Crippen LogP contribution in [0.2, 0.25) is 0 Å². The molecule has 0 saturated carbocycles. The van der Waals surface area contributed by atoms with Crippen LogP contribution in [0.5, 0.6) is 0 Å². The number of esters is 1. The molecule has 1 fully saturated rings. The van der Waals surface area contributed by atoms with E-state index >= 15 is 0 Å². The topological polar surface area (TPSA) is 83.1 Å². The van der Waals surface area contributed by atoms with Crippen LogP contribution in [0.1, 0.15) is 20.8 Å². The van der Waals surface area contributed by atoms with Gasteiger partial charge in [0.15, 0.2) is 6.10 Å². The van der Waals surface area contributed by atoms with Gasteiger partial charge in [0.25, 0.3) is 0 Å². The Hall–Kier alpha value is -1.34. The molecule has 1 amide bonds. The van der Waals surface area contributed by atoms with Gasteiger partial charge < -0.3 is 24.3 Å². The third kappa shape index (κ3) is 4.36. The van der Waals surface area contributed by atoms with Crippen LogP contribution in [0, 0.1) is 0 Å². The molecule has 1 heterocycles. The molecule has 0 bridgehead atoms. The molecule has 1 saturated heterocycles. The van der Waals surface area contributed by atoms with Crippen LogP contribution < -0.4 is 5.32 Å². The zero-order valence-corrected chi connectivity index (χ0v) is 11.9. The van der Waals surface area contributed by atoms with Crippen LogP contribution in [-0.2, 0) is 23.7 Å². The lowest BCUT2D eigenvalue weighted by Gasteiger charge is -2.41. The number of nitrogens with one attached hydrogen (secondary N) is 1. The van der Waals surface area contributed by atoms with E-state index in [4.69, 9.17) is 14.2 Å². The first-order valence-corrected chi connectivity index (χ1v) is 6.01. The van der Waals surface area contributed by atoms with Crippen molar-refractivity contribution < 1.29 is 28.5 Å². The average Bonchev–Trinajstić information content (AvgIpc) is 2.25. The van der Waals surface area contributed by atoms with Gasteiger partial charge >= 0.3 is 12.1 Å². The molecule has 0 unspecified atom stereocenters. The molecule has 7 nitrogen and oxygen atoms in total. The number of rotatable bonds is 4. The molecule has 3 atom stereocenters. The molecule has 1 N–H and O–H groups in total. The second-order valence-corrected chi connectivity index (χ2v) is 5.20. The van der Waals surface area contributed by atoms with Crippen LogP contribution in [0.25, 0.3) is 0 Å². The lowest BCUT2D eigenvalue weighted by molar-refractivity contribution is -0.237. The van der Waals surface area contributed by atoms with Crippen LogP contribution in [-0.4, -0.2) is 56.7 Å². The van der Waals surface area contributed by atoms with Crippen LogP contribution in [0.4, 0.5) is 4.79 Å². The van der Waals surface area contributed by atoms with Crippen molar-refractivity contribution in [2.45, 2.75) is 44.7 Å². The van der Waals surface area contributed by atoms with Gasteiger partial charge in [-0.05, 0) is 20.8 Å². The fraction of sp³-hybridized carbons (Fsp3) is 0.833. The number of methoxy groups -OCH3 is 2. The van der Waals surface area contributed by atoms with Crippen molar-refractivity contribution in [2.24, 2.45) is 0 Å². The molecule has 1 rings (SSSR count). The Balaban J connectivity index is 2.36. The molecule has 110 valence electrons. The predicted octanol–water partition coefficient (Wildman–Crippen LogP) is 0.467. The maximum Gasteiger partial charge on any atom is 0.407 e. The number of carbonyl (C=O) groups excluding carboxylic acids is 2. The molecular weight excluding hydrogens is 254 g/mol. The van der Waals surface area contributed by atoms with E-state index in [1.807, 2.05) is 0 Å². The Morgan fingerprint density at radius 1 is 1.26 bits per heavy atom. The molecule has 0 aromatic carbocycles. The first-order valence-electron chi connectivity index (χ1n) is 6.01. The highest BCUT2D eigenvalue weighted by Gasteiger charge is 2.48. The summed E-state index contributed by atoms with van der Waals surface area (Å²) < 4.78 is 20.1. The summed E-state index contributed by atoms with van der Waals surface area (Å²) in [5.41, 5.74) is -0.556. The Bertz CT molecular complexity index is 338. The molecule has 7 heteroatoms. The van der Waals surface area contributed by atoms with Crippen LogP contribution in [0.15, 0.2) is 0 Å². The first-order chi connectivity index (χ1) is 8.78. The van der Waals surface area contributed by atoms with Gasteiger partial charge in [-0.25, -0.2) is 9.59 Å². The largest absolute Gasteiger partial charge is 0.467 e. The normalized spacial score (nSPS) is 26.3. The Morgan fingerprint density at radius 3 is 2.37 bits per heavy atom. The smallest absolute Gasteiger partial charge is 0.407 e. The van der Waals surface area contributed by atoms with E-state index in [0.29, 0.717) is 0 Å². The van der Waals surface area contributed by atoms with E-state index in [2.05, 4.69) is 10.1 Å². The zero-order chi connectivity index (χ0) is 14.6. The molecular formula is C12H21NO6. The molecule has 19 heavy (non-hydrogen) atoms. The van der Waals surface area contributed by atoms with Crippen molar-refractivity contribution in [1.82, 2.24) is 5.32 Å². The molecule has 0 spiro atoms. The second kappa shape index (κ2) is 6.21. The van der Waals surface area contributed by atoms with Gasteiger partial charge in [0.1, 0.15) is 17.8 Å². The third-order valence-corrected chi connectivity index (χ3v) is 2.54. The number of carbonyl (C=O) groups is 2. The highest BCUT2D eigenvalue weighted by Crippen LogP contribution is 2.24. The monoisotopic (exact) mass is 275 g/mol. The summed E-state index contributed by atoms with van der Waals surface area (Å²) in [4.78, 5) is 22.7. The molecule has 0 aromatic heterocycles. The van der Waals surface area contributed by atoms with Crippen molar-refractivity contribution in [2.75, 3.05) is 20.8 Å². The van der Waals surface area contributed by atoms with Crippen molar-refractivity contribution in [3.05, 3.63) is 0 Å². The number of amides is 1. The van der Waals surface area contributed by atoms with Gasteiger partial charge in [0.05, 0.1) is 7.11 Å². The summed E-state index contributed by atoms with van der Waals surface area (Å²) in [6, 6.07) is 0. The first kappa shape index (κ1) is 15.7. The minimum Gasteiger partial charge on any atom is -0.467 e. The highest BCUT2D eigenvalue weighted by atomic mass is 16.6. The number of hydrogen-bond acceptors (Lipinski definition) is 6. The van der Waals surface area contributed by atoms with Gasteiger partial charge in [-0.2, -0.15) is 0 Å². The number of alkyl carbamates (subject to hydrolysis) is 1.